The summed E-state index contributed by atoms with van der Waals surface area (Å²) in [6.07, 6.45) is 0.611. The SMILES string of the molecule is CN1CCc2nc(C(=O)N3CCN(S(=O)(=O)c4cc5cc(C#C[Si](C)(C)C)ccc5n4S(=O)(=O)c4ccccc4)CC3CC(=O)N(C)C)sc2C1. The molecule has 51 heavy (non-hydrogen) atoms. The quantitative estimate of drug-likeness (QED) is 0.206. The highest BCUT2D eigenvalue weighted by Crippen LogP contribution is 2.33. The Bertz CT molecular complexity index is 2290. The molecule has 0 bridgehead atoms. The Balaban J connectivity index is 1.41. The van der Waals surface area contributed by atoms with E-state index in [1.54, 1.807) is 55.4 Å². The van der Waals surface area contributed by atoms with Gasteiger partial charge >= 0.3 is 0 Å². The molecule has 6 rings (SSSR count). The van der Waals surface area contributed by atoms with Crippen LogP contribution in [0.1, 0.15) is 32.4 Å². The van der Waals surface area contributed by atoms with E-state index in [9.17, 15) is 26.4 Å². The second-order valence-electron chi connectivity index (χ2n) is 14.2. The molecule has 0 saturated carbocycles. The predicted molar refractivity (Wildman–Crippen MR) is 200 cm³/mol. The zero-order chi connectivity index (χ0) is 36.9. The predicted octanol–water partition coefficient (Wildman–Crippen LogP) is 3.55. The molecule has 2 amide bonds. The topological polar surface area (TPSA) is 133 Å². The first-order chi connectivity index (χ1) is 24.0. The number of hydrogen-bond donors (Lipinski definition) is 0. The molecule has 16 heteroatoms. The van der Waals surface area contributed by atoms with E-state index in [1.165, 1.54) is 38.7 Å². The van der Waals surface area contributed by atoms with Gasteiger partial charge in [0.15, 0.2) is 10.0 Å². The maximum Gasteiger partial charge on any atom is 0.283 e. The minimum atomic E-state index is -4.50. The van der Waals surface area contributed by atoms with E-state index in [1.807, 2.05) is 7.05 Å². The van der Waals surface area contributed by atoms with Gasteiger partial charge in [-0.05, 0) is 43.4 Å². The first kappa shape index (κ1) is 36.9. The lowest BCUT2D eigenvalue weighted by atomic mass is 10.1. The fourth-order valence-electron chi connectivity index (χ4n) is 6.17. The Labute approximate surface area is 304 Å². The molecule has 0 spiro atoms. The average Bonchev–Trinajstić information content (AvgIpc) is 3.69. The summed E-state index contributed by atoms with van der Waals surface area (Å²) < 4.78 is 59.9. The van der Waals surface area contributed by atoms with E-state index >= 15 is 0 Å². The van der Waals surface area contributed by atoms with Gasteiger partial charge in [0.1, 0.15) is 8.07 Å². The monoisotopic (exact) mass is 766 g/mol. The molecule has 2 aromatic heterocycles. The Kier molecular flexibility index (Phi) is 10.1. The number of carbonyl (C=O) groups excluding carboxylic acids is 2. The fourth-order valence-corrected chi connectivity index (χ4v) is 11.4. The number of nitrogens with zero attached hydrogens (tertiary/aromatic N) is 6. The van der Waals surface area contributed by atoms with Crippen molar-refractivity contribution in [3.8, 4) is 11.5 Å². The maximum absolute atomic E-state index is 14.7. The van der Waals surface area contributed by atoms with E-state index in [0.717, 1.165) is 27.5 Å². The summed E-state index contributed by atoms with van der Waals surface area (Å²) in [6.45, 7) is 7.56. The van der Waals surface area contributed by atoms with Crippen molar-refractivity contribution in [2.45, 2.75) is 55.0 Å². The number of amides is 2. The van der Waals surface area contributed by atoms with Gasteiger partial charge in [-0.1, -0.05) is 43.8 Å². The zero-order valence-electron chi connectivity index (χ0n) is 29.6. The molecule has 1 unspecified atom stereocenters. The van der Waals surface area contributed by atoms with Crippen LogP contribution < -0.4 is 0 Å². The van der Waals surface area contributed by atoms with Gasteiger partial charge in [-0.25, -0.2) is 25.8 Å². The number of piperazine rings is 1. The first-order valence-electron chi connectivity index (χ1n) is 16.6. The molecule has 0 aliphatic carbocycles. The van der Waals surface area contributed by atoms with Gasteiger partial charge < -0.3 is 14.7 Å². The minimum absolute atomic E-state index is 0.00428. The Morgan fingerprint density at radius 2 is 1.71 bits per heavy atom. The van der Waals surface area contributed by atoms with Crippen LogP contribution in [0.4, 0.5) is 0 Å². The smallest absolute Gasteiger partial charge is 0.283 e. The Morgan fingerprint density at radius 3 is 2.39 bits per heavy atom. The number of fused-ring (bicyclic) bond motifs is 2. The number of benzene rings is 2. The van der Waals surface area contributed by atoms with Crippen LogP contribution in [0.25, 0.3) is 10.9 Å². The van der Waals surface area contributed by atoms with E-state index in [4.69, 9.17) is 0 Å². The average molecular weight is 767 g/mol. The second kappa shape index (κ2) is 13.9. The highest BCUT2D eigenvalue weighted by atomic mass is 32.2. The molecule has 1 atom stereocenters. The van der Waals surface area contributed by atoms with Crippen LogP contribution in [0.5, 0.6) is 0 Å². The van der Waals surface area contributed by atoms with E-state index in [0.29, 0.717) is 22.5 Å². The van der Waals surface area contributed by atoms with Gasteiger partial charge in [0.05, 0.1) is 22.1 Å². The minimum Gasteiger partial charge on any atom is -0.349 e. The van der Waals surface area contributed by atoms with Gasteiger partial charge in [-0.3, -0.25) is 9.59 Å². The summed E-state index contributed by atoms with van der Waals surface area (Å²) in [6, 6.07) is 13.2. The molecule has 1 fully saturated rings. The van der Waals surface area contributed by atoms with Gasteiger partial charge in [0.2, 0.25) is 5.91 Å². The number of hydrogen-bond acceptors (Lipinski definition) is 9. The van der Waals surface area contributed by atoms with Crippen molar-refractivity contribution in [2.24, 2.45) is 0 Å². The number of carbonyl (C=O) groups is 2. The Hall–Kier alpha value is -3.85. The fraction of sp³-hybridized carbons (Fsp3) is 0.400. The summed E-state index contributed by atoms with van der Waals surface area (Å²) in [5.41, 5.74) is 5.04. The first-order valence-corrected chi connectivity index (χ1v) is 23.8. The molecular formula is C35H42N6O6S3Si. The number of thiazole rings is 1. The lowest BCUT2D eigenvalue weighted by Gasteiger charge is -2.40. The lowest BCUT2D eigenvalue weighted by molar-refractivity contribution is -0.130. The van der Waals surface area contributed by atoms with Gasteiger partial charge in [-0.2, -0.15) is 4.31 Å². The Morgan fingerprint density at radius 1 is 0.980 bits per heavy atom. The standard InChI is InChI=1S/C35H42N6O6S3Si/c1-37(2)32(42)22-27-23-39(17-18-40(27)35(43)34-36-29-14-16-38(3)24-31(29)48-34)50(46,47)33-21-26-20-25(15-19-51(4,5)6)12-13-30(26)41(33)49(44,45)28-10-8-7-9-11-28/h7-13,20-21,27H,14,16-18,22-24H2,1-6H3. The molecule has 0 N–H and O–H groups in total. The van der Waals surface area contributed by atoms with Crippen LogP contribution in [0.3, 0.4) is 0 Å². The lowest BCUT2D eigenvalue weighted by Crippen LogP contribution is -2.57. The third kappa shape index (κ3) is 7.55. The molecule has 4 aromatic rings. The molecule has 0 radical (unpaired) electrons. The maximum atomic E-state index is 14.7. The largest absolute Gasteiger partial charge is 0.349 e. The van der Waals surface area contributed by atoms with Crippen LogP contribution in [0.2, 0.25) is 19.6 Å². The third-order valence-electron chi connectivity index (χ3n) is 8.91. The summed E-state index contributed by atoms with van der Waals surface area (Å²) in [5.74, 6) is 2.55. The van der Waals surface area contributed by atoms with E-state index < -0.39 is 39.2 Å². The molecule has 1 saturated heterocycles. The number of sulfonamides is 1. The van der Waals surface area contributed by atoms with Gasteiger partial charge in [-0.15, -0.1) is 16.9 Å². The molecular weight excluding hydrogens is 725 g/mol. The highest BCUT2D eigenvalue weighted by Gasteiger charge is 2.41. The van der Waals surface area contributed by atoms with Crippen LogP contribution in [0.15, 0.2) is 64.5 Å². The van der Waals surface area contributed by atoms with Crippen LogP contribution >= 0.6 is 11.3 Å². The molecule has 12 nitrogen and oxygen atoms in total. The third-order valence-corrected chi connectivity index (χ3v) is 14.6. The van der Waals surface area contributed by atoms with Crippen molar-refractivity contribution in [1.29, 1.82) is 0 Å². The normalized spacial score (nSPS) is 17.5. The van der Waals surface area contributed by atoms with Crippen LogP contribution in [-0.2, 0) is 37.8 Å². The van der Waals surface area contributed by atoms with Crippen molar-refractivity contribution >= 4 is 62.2 Å². The summed E-state index contributed by atoms with van der Waals surface area (Å²) in [7, 11) is -5.40. The summed E-state index contributed by atoms with van der Waals surface area (Å²) in [5, 5.41) is 0.295. The summed E-state index contributed by atoms with van der Waals surface area (Å²) in [4.78, 5) is 37.7. The molecule has 270 valence electrons. The number of likely N-dealkylation sites (N-methyl/N-ethyl adjacent to an activating group) is 1. The van der Waals surface area contributed by atoms with Crippen LogP contribution in [-0.4, -0.2) is 118 Å². The van der Waals surface area contributed by atoms with Gasteiger partial charge in [0, 0.05) is 75.5 Å². The van der Waals surface area contributed by atoms with Crippen LogP contribution in [0, 0.1) is 11.5 Å². The van der Waals surface area contributed by atoms with Crippen molar-refractivity contribution in [2.75, 3.05) is 47.3 Å². The van der Waals surface area contributed by atoms with Gasteiger partial charge in [0.25, 0.3) is 26.0 Å². The number of rotatable bonds is 7. The summed E-state index contributed by atoms with van der Waals surface area (Å²) >= 11 is 1.33. The van der Waals surface area contributed by atoms with Crippen molar-refractivity contribution in [3.05, 3.63) is 75.7 Å². The molecule has 2 aliphatic heterocycles. The van der Waals surface area contributed by atoms with Crippen molar-refractivity contribution in [3.63, 3.8) is 0 Å². The van der Waals surface area contributed by atoms with E-state index in [-0.39, 0.29) is 48.3 Å². The number of aromatic nitrogens is 2. The van der Waals surface area contributed by atoms with E-state index in [2.05, 4.69) is 41.0 Å². The molecule has 2 aliphatic rings. The second-order valence-corrected chi connectivity index (χ2v) is 23.7. The van der Waals surface area contributed by atoms with Crippen molar-refractivity contribution in [1.82, 2.24) is 28.0 Å². The highest BCUT2D eigenvalue weighted by molar-refractivity contribution is 7.92. The molecule has 4 heterocycles. The zero-order valence-corrected chi connectivity index (χ0v) is 33.0. The molecule has 2 aromatic carbocycles. The van der Waals surface area contributed by atoms with Crippen molar-refractivity contribution < 1.29 is 26.4 Å².